The highest BCUT2D eigenvalue weighted by Crippen LogP contribution is 2.19. The molecule has 1 atom stereocenters. The first-order valence-electron chi connectivity index (χ1n) is 14.5. The maximum Gasteiger partial charge on any atom is 0.239 e. The Bertz CT molecular complexity index is 1000. The van der Waals surface area contributed by atoms with Crippen LogP contribution in [0.15, 0.2) is 48.0 Å². The maximum atomic E-state index is 13.0. The molecule has 2 heterocycles. The fraction of sp³-hybridized carbons (Fsp3) is 0.581. The van der Waals surface area contributed by atoms with Gasteiger partial charge in [0.25, 0.3) is 0 Å². The third kappa shape index (κ3) is 11.9. The second-order valence-corrected chi connectivity index (χ2v) is 10.1. The number of fused-ring (bicyclic) bond motifs is 1. The molecule has 7 heteroatoms. The zero-order chi connectivity index (χ0) is 28.2. The summed E-state index contributed by atoms with van der Waals surface area (Å²) in [4.78, 5) is 17.3. The number of unbranched alkanes of at least 4 members (excludes halogenated alkanes) is 1. The van der Waals surface area contributed by atoms with E-state index < -0.39 is 0 Å². The molecule has 1 amide bonds. The largest absolute Gasteiger partial charge is 0.360 e. The molecule has 0 radical (unpaired) electrons. The zero-order valence-electron chi connectivity index (χ0n) is 24.9. The van der Waals surface area contributed by atoms with E-state index in [1.807, 2.05) is 18.7 Å². The number of anilines is 1. The lowest BCUT2D eigenvalue weighted by atomic mass is 10.0. The van der Waals surface area contributed by atoms with Crippen LogP contribution >= 0.6 is 11.3 Å². The van der Waals surface area contributed by atoms with Crippen molar-refractivity contribution in [2.24, 2.45) is 0 Å². The Morgan fingerprint density at radius 3 is 2.34 bits per heavy atom. The van der Waals surface area contributed by atoms with Crippen molar-refractivity contribution in [1.29, 1.82) is 0 Å². The topological polar surface area (TPSA) is 61.4 Å². The van der Waals surface area contributed by atoms with E-state index in [0.717, 1.165) is 50.6 Å². The van der Waals surface area contributed by atoms with Crippen LogP contribution in [0.4, 0.5) is 5.13 Å². The Morgan fingerprint density at radius 2 is 1.71 bits per heavy atom. The van der Waals surface area contributed by atoms with Crippen molar-refractivity contribution < 1.29 is 6.22 Å². The molecule has 38 heavy (non-hydrogen) atoms. The second kappa shape index (κ2) is 20.5. The van der Waals surface area contributed by atoms with E-state index >= 15 is 0 Å². The van der Waals surface area contributed by atoms with Crippen LogP contribution in [-0.2, 0) is 11.2 Å². The summed E-state index contributed by atoms with van der Waals surface area (Å²) in [5.41, 5.74) is 3.00. The standard InChI is InChI=1S/C22H27N5OS.C4H10.C3H8.C2H6.H2/c1-26-13-14-27(12-10-17-8-9-18-5-2-3-6-19(18)15-17)21(28)20(26)7-4-11-23-22-25-24-16-29-22;1-3-4-2;1-3-2;1-2;/h2-3,5-6,8-9,15-16,20H,4,7,10-14H2,1H3,(H,23,25);3-4H2,1-2H3;3H2,1-2H3;1-2H3;1H/t20-;;;;/m0..../s1. The van der Waals surface area contributed by atoms with Crippen molar-refractivity contribution in [2.75, 3.05) is 38.5 Å². The average molecular weight is 544 g/mol. The smallest absolute Gasteiger partial charge is 0.239 e. The lowest BCUT2D eigenvalue weighted by Crippen LogP contribution is -2.55. The van der Waals surface area contributed by atoms with Gasteiger partial charge < -0.3 is 10.2 Å². The van der Waals surface area contributed by atoms with Gasteiger partial charge in [-0.2, -0.15) is 0 Å². The molecule has 0 aliphatic carbocycles. The summed E-state index contributed by atoms with van der Waals surface area (Å²) in [5, 5.41) is 14.4. The number of hydrogen-bond acceptors (Lipinski definition) is 6. The molecule has 1 aromatic heterocycles. The number of carbonyl (C=O) groups excluding carboxylic acids is 1. The Kier molecular flexibility index (Phi) is 18.0. The van der Waals surface area contributed by atoms with Crippen LogP contribution in [0.3, 0.4) is 0 Å². The quantitative estimate of drug-likeness (QED) is 0.279. The van der Waals surface area contributed by atoms with Crippen molar-refractivity contribution in [3.05, 3.63) is 53.5 Å². The molecule has 6 nitrogen and oxygen atoms in total. The summed E-state index contributed by atoms with van der Waals surface area (Å²) >= 11 is 1.50. The minimum Gasteiger partial charge on any atom is -0.360 e. The summed E-state index contributed by atoms with van der Waals surface area (Å²) in [7, 11) is 2.06. The first-order valence-corrected chi connectivity index (χ1v) is 15.4. The van der Waals surface area contributed by atoms with E-state index in [9.17, 15) is 4.79 Å². The number of nitrogens with one attached hydrogen (secondary N) is 1. The molecular weight excluding hydrogens is 490 g/mol. The molecule has 0 spiro atoms. The van der Waals surface area contributed by atoms with Gasteiger partial charge in [0.05, 0.1) is 6.04 Å². The predicted octanol–water partition coefficient (Wildman–Crippen LogP) is 7.76. The van der Waals surface area contributed by atoms with Gasteiger partial charge in [-0.25, -0.2) is 0 Å². The highest BCUT2D eigenvalue weighted by molar-refractivity contribution is 7.13. The number of aromatic nitrogens is 2. The van der Waals surface area contributed by atoms with Crippen molar-refractivity contribution >= 4 is 33.1 Å². The van der Waals surface area contributed by atoms with Crippen LogP contribution in [0.25, 0.3) is 10.8 Å². The number of amides is 1. The second-order valence-electron chi connectivity index (χ2n) is 9.27. The van der Waals surface area contributed by atoms with Gasteiger partial charge in [0, 0.05) is 27.6 Å². The van der Waals surface area contributed by atoms with Gasteiger partial charge in [0.2, 0.25) is 11.0 Å². The van der Waals surface area contributed by atoms with Crippen LogP contribution < -0.4 is 5.32 Å². The van der Waals surface area contributed by atoms with Crippen LogP contribution in [0.5, 0.6) is 0 Å². The molecule has 1 fully saturated rings. The van der Waals surface area contributed by atoms with Gasteiger partial charge in [-0.15, -0.1) is 10.2 Å². The summed E-state index contributed by atoms with van der Waals surface area (Å²) in [5.74, 6) is 0.260. The Hall–Kier alpha value is -2.51. The minimum absolute atomic E-state index is 0. The Morgan fingerprint density at radius 1 is 1.03 bits per heavy atom. The third-order valence-electron chi connectivity index (χ3n) is 6.13. The van der Waals surface area contributed by atoms with E-state index in [-0.39, 0.29) is 13.4 Å². The SMILES string of the molecule is CC.CCC.CCCC.CN1CCN(CCc2ccc3ccccc3c2)C(=O)[C@@H]1CCCNc1nncs1.[HH]. The summed E-state index contributed by atoms with van der Waals surface area (Å²) in [6.45, 7) is 15.9. The Balaban J connectivity index is 0.00000128. The molecule has 1 aliphatic heterocycles. The predicted molar refractivity (Wildman–Crippen MR) is 168 cm³/mol. The van der Waals surface area contributed by atoms with Gasteiger partial charge in [0.15, 0.2) is 0 Å². The fourth-order valence-electron chi connectivity index (χ4n) is 3.91. The average Bonchev–Trinajstić information content (AvgIpc) is 3.47. The van der Waals surface area contributed by atoms with Crippen molar-refractivity contribution in [1.82, 2.24) is 20.0 Å². The fourth-order valence-corrected chi connectivity index (χ4v) is 4.38. The molecule has 3 aromatic rings. The van der Waals surface area contributed by atoms with Gasteiger partial charge in [-0.1, -0.05) is 115 Å². The van der Waals surface area contributed by atoms with Gasteiger partial charge in [0.1, 0.15) is 5.51 Å². The summed E-state index contributed by atoms with van der Waals surface area (Å²) in [6, 6.07) is 15.0. The normalized spacial score (nSPS) is 15.0. The molecule has 1 saturated heterocycles. The number of rotatable bonds is 9. The number of likely N-dealkylation sites (N-methyl/N-ethyl adjacent to an activating group) is 1. The molecule has 1 N–H and O–H groups in total. The first kappa shape index (κ1) is 33.5. The Labute approximate surface area is 237 Å². The molecule has 1 aliphatic rings. The molecule has 2 aromatic carbocycles. The van der Waals surface area contributed by atoms with E-state index in [2.05, 4.69) is 97.6 Å². The van der Waals surface area contributed by atoms with Gasteiger partial charge in [-0.3, -0.25) is 9.69 Å². The van der Waals surface area contributed by atoms with E-state index in [4.69, 9.17) is 0 Å². The number of carbonyl (C=O) groups is 1. The lowest BCUT2D eigenvalue weighted by Gasteiger charge is -2.39. The minimum atomic E-state index is -0.0310. The maximum absolute atomic E-state index is 13.0. The number of benzene rings is 2. The highest BCUT2D eigenvalue weighted by atomic mass is 32.1. The number of hydrogen-bond donors (Lipinski definition) is 1. The molecule has 0 bridgehead atoms. The number of nitrogens with zero attached hydrogens (tertiary/aromatic N) is 4. The van der Waals surface area contributed by atoms with E-state index in [1.165, 1.54) is 46.9 Å². The zero-order valence-corrected chi connectivity index (χ0v) is 25.7. The van der Waals surface area contributed by atoms with Crippen molar-refractivity contribution in [3.8, 4) is 0 Å². The highest BCUT2D eigenvalue weighted by Gasteiger charge is 2.31. The van der Waals surface area contributed by atoms with Crippen LogP contribution in [0.1, 0.15) is 80.6 Å². The summed E-state index contributed by atoms with van der Waals surface area (Å²) in [6.07, 6.45) is 6.57. The summed E-state index contributed by atoms with van der Waals surface area (Å²) < 4.78 is 0. The first-order chi connectivity index (χ1) is 18.5. The van der Waals surface area contributed by atoms with Crippen LogP contribution in [0, 0.1) is 0 Å². The lowest BCUT2D eigenvalue weighted by molar-refractivity contribution is -0.141. The van der Waals surface area contributed by atoms with Gasteiger partial charge >= 0.3 is 0 Å². The van der Waals surface area contributed by atoms with Crippen molar-refractivity contribution in [2.45, 2.75) is 86.1 Å². The third-order valence-corrected chi connectivity index (χ3v) is 6.78. The van der Waals surface area contributed by atoms with E-state index in [0.29, 0.717) is 0 Å². The van der Waals surface area contributed by atoms with Crippen LogP contribution in [-0.4, -0.2) is 65.2 Å². The molecule has 4 rings (SSSR count). The molecule has 214 valence electrons. The van der Waals surface area contributed by atoms with Gasteiger partial charge in [-0.05, 0) is 42.6 Å². The van der Waals surface area contributed by atoms with Crippen LogP contribution in [0.2, 0.25) is 0 Å². The monoisotopic (exact) mass is 543 g/mol. The van der Waals surface area contributed by atoms with Crippen molar-refractivity contribution in [3.63, 3.8) is 0 Å². The molecule has 0 saturated carbocycles. The van der Waals surface area contributed by atoms with E-state index in [1.54, 1.807) is 5.51 Å². The number of piperazine rings is 1. The molecule has 0 unspecified atom stereocenters. The molecular formula is C31H53N5OS.